The first-order valence-corrected chi connectivity index (χ1v) is 11.3. The van der Waals surface area contributed by atoms with Gasteiger partial charge in [0.25, 0.3) is 11.8 Å². The van der Waals surface area contributed by atoms with E-state index in [1.165, 1.54) is 4.90 Å². The van der Waals surface area contributed by atoms with E-state index in [1.807, 2.05) is 27.7 Å². The average molecular weight is 462 g/mol. The van der Waals surface area contributed by atoms with Gasteiger partial charge in [-0.3, -0.25) is 14.5 Å². The van der Waals surface area contributed by atoms with E-state index in [-0.39, 0.29) is 24.5 Å². The number of rotatable bonds is 4. The molecular formula is C24H31NO8. The van der Waals surface area contributed by atoms with Crippen molar-refractivity contribution >= 4 is 11.8 Å². The molecule has 33 heavy (non-hydrogen) atoms. The highest BCUT2D eigenvalue weighted by Gasteiger charge is 2.58. The maximum Gasteiger partial charge on any atom is 0.261 e. The predicted octanol–water partition coefficient (Wildman–Crippen LogP) is 2.47. The second-order valence-electron chi connectivity index (χ2n) is 10.3. The van der Waals surface area contributed by atoms with Crippen LogP contribution in [0.15, 0.2) is 24.3 Å². The molecule has 9 nitrogen and oxygen atoms in total. The molecule has 0 saturated carbocycles. The third-order valence-corrected chi connectivity index (χ3v) is 6.35. The first kappa shape index (κ1) is 22.9. The molecule has 0 aromatic heterocycles. The third kappa shape index (κ3) is 4.11. The molecule has 3 saturated heterocycles. The molecular weight excluding hydrogens is 430 g/mol. The molecule has 5 atom stereocenters. The Morgan fingerprint density at radius 3 is 1.88 bits per heavy atom. The number of ether oxygens (including phenoxy) is 6. The molecule has 2 amide bonds. The van der Waals surface area contributed by atoms with Gasteiger partial charge in [-0.2, -0.15) is 0 Å². The molecule has 180 valence electrons. The van der Waals surface area contributed by atoms with Crippen molar-refractivity contribution in [1.82, 2.24) is 4.90 Å². The summed E-state index contributed by atoms with van der Waals surface area (Å²) in [5, 5.41) is 0. The van der Waals surface area contributed by atoms with Crippen molar-refractivity contribution in [1.29, 1.82) is 0 Å². The Balaban J connectivity index is 1.40. The van der Waals surface area contributed by atoms with Crippen LogP contribution in [0.4, 0.5) is 0 Å². The summed E-state index contributed by atoms with van der Waals surface area (Å²) in [6.07, 6.45) is -2.59. The number of hydrogen-bond acceptors (Lipinski definition) is 8. The lowest BCUT2D eigenvalue weighted by atomic mass is 9.99. The maximum atomic E-state index is 12.9. The van der Waals surface area contributed by atoms with Gasteiger partial charge in [0.05, 0.1) is 24.3 Å². The minimum absolute atomic E-state index is 0.0426. The van der Waals surface area contributed by atoms with E-state index in [0.29, 0.717) is 17.7 Å². The minimum Gasteiger partial charge on any atom is -0.348 e. The number of benzene rings is 1. The van der Waals surface area contributed by atoms with E-state index in [2.05, 4.69) is 0 Å². The van der Waals surface area contributed by atoms with Crippen LogP contribution in [0.3, 0.4) is 0 Å². The van der Waals surface area contributed by atoms with E-state index in [4.69, 9.17) is 28.4 Å². The number of carbonyl (C=O) groups excluding carboxylic acids is 2. The lowest BCUT2D eigenvalue weighted by Gasteiger charge is -2.29. The molecule has 3 fully saturated rings. The van der Waals surface area contributed by atoms with Crippen molar-refractivity contribution in [2.24, 2.45) is 0 Å². The van der Waals surface area contributed by atoms with Crippen molar-refractivity contribution in [3.05, 3.63) is 35.4 Å². The van der Waals surface area contributed by atoms with Crippen LogP contribution in [0.25, 0.3) is 0 Å². The molecule has 5 unspecified atom stereocenters. The monoisotopic (exact) mass is 461 g/mol. The van der Waals surface area contributed by atoms with Crippen LogP contribution < -0.4 is 0 Å². The molecule has 5 rings (SSSR count). The SMILES string of the molecule is CC1(C)OCC(C2OC(C)(C)OC2C2OC(C)(C)OC2CN2C(=O)c3ccccc3C2=O)O1. The number of nitrogens with zero attached hydrogens (tertiary/aromatic N) is 1. The van der Waals surface area contributed by atoms with E-state index >= 15 is 0 Å². The van der Waals surface area contributed by atoms with Crippen LogP contribution >= 0.6 is 0 Å². The molecule has 0 bridgehead atoms. The van der Waals surface area contributed by atoms with Gasteiger partial charge in [0.15, 0.2) is 17.4 Å². The molecule has 1 aromatic carbocycles. The quantitative estimate of drug-likeness (QED) is 0.632. The van der Waals surface area contributed by atoms with E-state index in [0.717, 1.165) is 0 Å². The topological polar surface area (TPSA) is 92.8 Å². The van der Waals surface area contributed by atoms with E-state index < -0.39 is 41.8 Å². The lowest BCUT2D eigenvalue weighted by Crippen LogP contribution is -2.50. The molecule has 0 N–H and O–H groups in total. The number of amides is 2. The average Bonchev–Trinajstić information content (AvgIpc) is 3.41. The van der Waals surface area contributed by atoms with Gasteiger partial charge in [0, 0.05) is 0 Å². The van der Waals surface area contributed by atoms with Crippen LogP contribution in [-0.4, -0.2) is 77.7 Å². The van der Waals surface area contributed by atoms with Gasteiger partial charge in [-0.25, -0.2) is 0 Å². The highest BCUT2D eigenvalue weighted by atomic mass is 16.8. The summed E-state index contributed by atoms with van der Waals surface area (Å²) in [5.74, 6) is -3.20. The molecule has 4 aliphatic heterocycles. The largest absolute Gasteiger partial charge is 0.348 e. The Bertz CT molecular complexity index is 938. The first-order valence-electron chi connectivity index (χ1n) is 11.3. The number of carbonyl (C=O) groups is 2. The van der Waals surface area contributed by atoms with Crippen molar-refractivity contribution < 1.29 is 38.0 Å². The number of imide groups is 1. The van der Waals surface area contributed by atoms with Crippen LogP contribution in [0, 0.1) is 0 Å². The van der Waals surface area contributed by atoms with Gasteiger partial charge in [-0.1, -0.05) is 12.1 Å². The van der Waals surface area contributed by atoms with Gasteiger partial charge >= 0.3 is 0 Å². The first-order chi connectivity index (χ1) is 15.4. The zero-order valence-electron chi connectivity index (χ0n) is 19.8. The normalized spacial score (nSPS) is 36.5. The van der Waals surface area contributed by atoms with Gasteiger partial charge in [0.1, 0.15) is 30.5 Å². The highest BCUT2D eigenvalue weighted by molar-refractivity contribution is 6.21. The second kappa shape index (κ2) is 7.56. The van der Waals surface area contributed by atoms with Crippen LogP contribution in [0.1, 0.15) is 62.3 Å². The van der Waals surface area contributed by atoms with Crippen molar-refractivity contribution in [2.75, 3.05) is 13.2 Å². The van der Waals surface area contributed by atoms with Gasteiger partial charge in [-0.15, -0.1) is 0 Å². The summed E-state index contributed by atoms with van der Waals surface area (Å²) >= 11 is 0. The molecule has 4 heterocycles. The highest BCUT2D eigenvalue weighted by Crippen LogP contribution is 2.42. The van der Waals surface area contributed by atoms with Crippen molar-refractivity contribution in [3.63, 3.8) is 0 Å². The fraction of sp³-hybridized carbons (Fsp3) is 0.667. The second-order valence-corrected chi connectivity index (χ2v) is 10.3. The van der Waals surface area contributed by atoms with Crippen LogP contribution in [0.5, 0.6) is 0 Å². The maximum absolute atomic E-state index is 12.9. The fourth-order valence-corrected chi connectivity index (χ4v) is 5.10. The van der Waals surface area contributed by atoms with Crippen LogP contribution in [-0.2, 0) is 28.4 Å². The Morgan fingerprint density at radius 1 is 0.758 bits per heavy atom. The summed E-state index contributed by atoms with van der Waals surface area (Å²) in [7, 11) is 0. The number of fused-ring (bicyclic) bond motifs is 1. The molecule has 0 radical (unpaired) electrons. The Labute approximate surface area is 193 Å². The van der Waals surface area contributed by atoms with E-state index in [9.17, 15) is 9.59 Å². The molecule has 9 heteroatoms. The Hall–Kier alpha value is -1.88. The smallest absolute Gasteiger partial charge is 0.261 e. The zero-order chi connectivity index (χ0) is 23.8. The Morgan fingerprint density at radius 2 is 1.30 bits per heavy atom. The minimum atomic E-state index is -0.930. The van der Waals surface area contributed by atoms with Crippen molar-refractivity contribution in [2.45, 2.75) is 89.4 Å². The standard InChI is InChI=1S/C24H31NO8/c1-22(2)28-12-16(30-22)18-19(33-24(5,6)32-18)17-15(29-23(3,4)31-17)11-25-20(26)13-9-7-8-10-14(13)21(25)27/h7-10,15-19H,11-12H2,1-6H3. The van der Waals surface area contributed by atoms with Gasteiger partial charge in [0.2, 0.25) is 0 Å². The summed E-state index contributed by atoms with van der Waals surface area (Å²) in [4.78, 5) is 27.1. The lowest BCUT2D eigenvalue weighted by molar-refractivity contribution is -0.178. The molecule has 0 spiro atoms. The van der Waals surface area contributed by atoms with E-state index in [1.54, 1.807) is 38.1 Å². The predicted molar refractivity (Wildman–Crippen MR) is 114 cm³/mol. The van der Waals surface area contributed by atoms with Gasteiger partial charge < -0.3 is 28.4 Å². The summed E-state index contributed by atoms with van der Waals surface area (Å²) in [6.45, 7) is 11.4. The fourth-order valence-electron chi connectivity index (χ4n) is 5.10. The number of hydrogen-bond donors (Lipinski definition) is 0. The summed E-state index contributed by atoms with van der Waals surface area (Å²) in [6, 6.07) is 6.82. The Kier molecular flexibility index (Phi) is 5.24. The van der Waals surface area contributed by atoms with Crippen LogP contribution in [0.2, 0.25) is 0 Å². The summed E-state index contributed by atoms with van der Waals surface area (Å²) < 4.78 is 36.8. The summed E-state index contributed by atoms with van der Waals surface area (Å²) in [5.41, 5.74) is 0.797. The molecule has 0 aliphatic carbocycles. The molecule has 1 aromatic rings. The van der Waals surface area contributed by atoms with Gasteiger partial charge in [-0.05, 0) is 53.7 Å². The van der Waals surface area contributed by atoms with Crippen molar-refractivity contribution in [3.8, 4) is 0 Å². The molecule has 4 aliphatic rings. The zero-order valence-corrected chi connectivity index (χ0v) is 19.8. The third-order valence-electron chi connectivity index (χ3n) is 6.35.